The van der Waals surface area contributed by atoms with Crippen molar-refractivity contribution in [2.45, 2.75) is 214 Å². The minimum absolute atomic E-state index is 0.00380. The van der Waals surface area contributed by atoms with Gasteiger partial charge in [-0.25, -0.2) is 4.98 Å². The Labute approximate surface area is 722 Å². The molecule has 3 aliphatic heterocycles. The van der Waals surface area contributed by atoms with Crippen molar-refractivity contribution in [1.29, 1.82) is 21.6 Å². The van der Waals surface area contributed by atoms with Crippen molar-refractivity contribution in [2.75, 3.05) is 45.8 Å². The van der Waals surface area contributed by atoms with Gasteiger partial charge in [0.15, 0.2) is 23.8 Å². The summed E-state index contributed by atoms with van der Waals surface area (Å²) in [4.78, 5) is 219. The van der Waals surface area contributed by atoms with Crippen LogP contribution in [0.2, 0.25) is 0 Å². The standard InChI is InChI=1S/C82H119N29O14/c1-47(112)100-55(28-15-35-96-81(88)89)68(115)102-56(26-11-13-33-94-79(84)85)69(116)101-54(27-14-34-95-80(86)87)67(114)93-32-12-10-25-57-71(118)109-63(40-49-21-6-3-7-22-49)77(124)111-38-18-31-65(111)78(125)110-37-17-30-64(110)76(123)108-61(42-51-45-92-46-99-51)74(121)105-59(39-48-19-4-2-5-20-48)72(119)104-58(29-16-36-97-82(90)91)70(117)106-60(41-50-44-98-53-24-9-8-23-52(50)53)73(120)107-62(43-66(83)113)75(122)103-57/h2-9,19-24,44-46,54-65,98H,10-18,25-43H2,1H3,(H2,83,113)(H,92,99)(H,93,114)(H,100,112)(H,101,116)(H,102,115)(H,103,122)(H,104,119)(H,105,121)(H,106,117)(H,107,120)(H,108,123)(H,109,118)(H4,84,85,94)(H4,86,87,95)(H4,88,89,96)(H4,90,91,97)/t54-,55-,56-,57-,58-,59+,60-,61-,62-,63-,64-,65+/m0/s1. The van der Waals surface area contributed by atoms with E-state index in [-0.39, 0.29) is 173 Å². The van der Waals surface area contributed by atoms with Crippen molar-refractivity contribution in [3.8, 4) is 0 Å². The van der Waals surface area contributed by atoms with Gasteiger partial charge in [0, 0.05) is 107 Å². The van der Waals surface area contributed by atoms with Crippen molar-refractivity contribution in [2.24, 2.45) is 28.7 Å². The number of nitrogens with zero attached hydrogens (tertiary/aromatic N) is 3. The van der Waals surface area contributed by atoms with E-state index in [1.165, 1.54) is 29.2 Å². The summed E-state index contributed by atoms with van der Waals surface area (Å²) in [5, 5.41) is 72.1. The summed E-state index contributed by atoms with van der Waals surface area (Å²) in [6.07, 6.45) is 4.25. The summed E-state index contributed by atoms with van der Waals surface area (Å²) >= 11 is 0. The molecule has 3 aromatic carbocycles. The number of aromatic amines is 2. The van der Waals surface area contributed by atoms with E-state index in [1.807, 2.05) is 0 Å². The van der Waals surface area contributed by atoms with Crippen molar-refractivity contribution in [3.63, 3.8) is 0 Å². The quantitative estimate of drug-likeness (QED) is 0.0101. The number of unbranched alkanes of at least 4 members (excludes halogenated alkanes) is 2. The van der Waals surface area contributed by atoms with E-state index in [1.54, 1.807) is 91.1 Å². The van der Waals surface area contributed by atoms with Crippen LogP contribution >= 0.6 is 0 Å². The molecule has 676 valence electrons. The summed E-state index contributed by atoms with van der Waals surface area (Å²) < 4.78 is 0. The first-order chi connectivity index (χ1) is 59.9. The number of rotatable bonds is 38. The van der Waals surface area contributed by atoms with Gasteiger partial charge in [0.05, 0.1) is 12.7 Å². The Bertz CT molecular complexity index is 4570. The van der Waals surface area contributed by atoms with Crippen molar-refractivity contribution in [1.82, 2.24) is 105 Å². The van der Waals surface area contributed by atoms with E-state index in [0.29, 0.717) is 52.5 Å². The molecule has 5 heterocycles. The Morgan fingerprint density at radius 1 is 0.432 bits per heavy atom. The third-order valence-electron chi connectivity index (χ3n) is 21.5. The van der Waals surface area contributed by atoms with Crippen molar-refractivity contribution in [3.05, 3.63) is 126 Å². The van der Waals surface area contributed by atoms with Crippen LogP contribution in [0.4, 0.5) is 0 Å². The van der Waals surface area contributed by atoms with Crippen LogP contribution in [-0.4, -0.2) is 250 Å². The van der Waals surface area contributed by atoms with Crippen LogP contribution in [0.1, 0.15) is 138 Å². The predicted octanol–water partition coefficient (Wildman–Crippen LogP) is -4.37. The van der Waals surface area contributed by atoms with Gasteiger partial charge in [-0.2, -0.15) is 0 Å². The van der Waals surface area contributed by atoms with Gasteiger partial charge < -0.3 is 128 Å². The zero-order valence-corrected chi connectivity index (χ0v) is 70.0. The van der Waals surface area contributed by atoms with Crippen LogP contribution in [0, 0.1) is 21.6 Å². The number of amides is 14. The van der Waals surface area contributed by atoms with Gasteiger partial charge in [0.2, 0.25) is 82.7 Å². The summed E-state index contributed by atoms with van der Waals surface area (Å²) in [5.74, 6) is -13.2. The number of nitrogens with two attached hydrogens (primary N) is 5. The van der Waals surface area contributed by atoms with E-state index in [9.17, 15) is 28.8 Å². The highest BCUT2D eigenvalue weighted by Gasteiger charge is 2.46. The molecule has 3 saturated heterocycles. The van der Waals surface area contributed by atoms with E-state index in [0.717, 1.165) is 0 Å². The Balaban J connectivity index is 1.15. The van der Waals surface area contributed by atoms with Gasteiger partial charge in [-0.3, -0.25) is 88.8 Å². The molecule has 0 saturated carbocycles. The fraction of sp³-hybridized carbons (Fsp3) is 0.500. The molecule has 43 heteroatoms. The molecule has 3 aliphatic rings. The highest BCUT2D eigenvalue weighted by molar-refractivity contribution is 6.01. The van der Waals surface area contributed by atoms with E-state index < -0.39 is 168 Å². The van der Waals surface area contributed by atoms with Crippen molar-refractivity contribution >= 4 is 117 Å². The molecule has 43 nitrogen and oxygen atoms in total. The molecule has 0 bridgehead atoms. The van der Waals surface area contributed by atoms with Gasteiger partial charge in [0.1, 0.15) is 72.5 Å². The Morgan fingerprint density at radius 3 is 1.41 bits per heavy atom. The normalized spacial score (nSPS) is 20.7. The average molecular weight is 1740 g/mol. The van der Waals surface area contributed by atoms with Crippen LogP contribution in [0.25, 0.3) is 10.9 Å². The van der Waals surface area contributed by atoms with E-state index in [4.69, 9.17) is 50.3 Å². The van der Waals surface area contributed by atoms with Crippen LogP contribution in [0.15, 0.2) is 104 Å². The largest absolute Gasteiger partial charge is 0.370 e. The van der Waals surface area contributed by atoms with E-state index in [2.05, 4.69) is 94.7 Å². The van der Waals surface area contributed by atoms with Gasteiger partial charge in [0.25, 0.3) is 0 Å². The first-order valence-electron chi connectivity index (χ1n) is 42.0. The predicted molar refractivity (Wildman–Crippen MR) is 461 cm³/mol. The molecule has 12 atom stereocenters. The molecule has 0 radical (unpaired) electrons. The molecule has 0 unspecified atom stereocenters. The summed E-state index contributed by atoms with van der Waals surface area (Å²) in [6, 6.07) is 6.85. The topological polar surface area (TPSA) is 696 Å². The first-order valence-corrected chi connectivity index (χ1v) is 42.0. The Morgan fingerprint density at radius 2 is 0.856 bits per heavy atom. The monoisotopic (exact) mass is 1730 g/mol. The molecule has 14 amide bonds. The molecule has 2 aromatic heterocycles. The maximum Gasteiger partial charge on any atom is 0.246 e. The molecular weight excluding hydrogens is 1620 g/mol. The highest BCUT2D eigenvalue weighted by Crippen LogP contribution is 2.28. The van der Waals surface area contributed by atoms with Crippen LogP contribution in [0.5, 0.6) is 0 Å². The van der Waals surface area contributed by atoms with Crippen LogP contribution in [0.3, 0.4) is 0 Å². The molecule has 8 rings (SSSR count). The zero-order valence-electron chi connectivity index (χ0n) is 70.0. The summed E-state index contributed by atoms with van der Waals surface area (Å²) in [5.41, 5.74) is 30.7. The number of carbonyl (C=O) groups excluding carboxylic acids is 14. The fourth-order valence-electron chi connectivity index (χ4n) is 15.2. The lowest BCUT2D eigenvalue weighted by Gasteiger charge is -2.34. The maximum atomic E-state index is 15.6. The number of hydrogen-bond acceptors (Lipinski definition) is 19. The van der Waals surface area contributed by atoms with Gasteiger partial charge in [-0.1, -0.05) is 78.9 Å². The minimum atomic E-state index is -1.92. The number of guanidine groups is 4. The zero-order chi connectivity index (χ0) is 90.5. The fourth-order valence-corrected chi connectivity index (χ4v) is 15.2. The minimum Gasteiger partial charge on any atom is -0.370 e. The molecular formula is C82H119N29O14. The Kier molecular flexibility index (Phi) is 38.0. The number of aromatic nitrogens is 3. The van der Waals surface area contributed by atoms with Gasteiger partial charge in [-0.15, -0.1) is 0 Å². The number of H-pyrrole nitrogens is 2. The van der Waals surface area contributed by atoms with Crippen molar-refractivity contribution < 1.29 is 67.1 Å². The van der Waals surface area contributed by atoms with E-state index >= 15 is 38.4 Å². The number of carbonyl (C=O) groups is 14. The molecule has 31 N–H and O–H groups in total. The second-order valence-corrected chi connectivity index (χ2v) is 31.1. The first kappa shape index (κ1) is 96.5. The smallest absolute Gasteiger partial charge is 0.246 e. The molecule has 3 fully saturated rings. The molecule has 0 aliphatic carbocycles. The van der Waals surface area contributed by atoms with Crippen LogP contribution < -0.4 is 108 Å². The number of nitrogens with one attached hydrogen (secondary N) is 21. The van der Waals surface area contributed by atoms with Crippen LogP contribution in [-0.2, 0) is 92.8 Å². The number of imidazole rings is 1. The third-order valence-corrected chi connectivity index (χ3v) is 21.5. The maximum absolute atomic E-state index is 15.6. The lowest BCUT2D eigenvalue weighted by Crippen LogP contribution is -2.61. The number of fused-ring (bicyclic) bond motifs is 3. The lowest BCUT2D eigenvalue weighted by atomic mass is 10.0. The second-order valence-electron chi connectivity index (χ2n) is 31.1. The lowest BCUT2D eigenvalue weighted by molar-refractivity contribution is -0.148. The number of para-hydroxylation sites is 1. The highest BCUT2D eigenvalue weighted by atomic mass is 16.2. The number of primary amides is 1. The van der Waals surface area contributed by atoms with Gasteiger partial charge >= 0.3 is 0 Å². The third kappa shape index (κ3) is 31.5. The average Bonchev–Trinajstić information content (AvgIpc) is 1.67. The SMILES string of the molecule is CC(=O)N[C@@H](CCCNC(=N)N)C(=O)N[C@@H](CCCCNC(=N)N)C(=O)N[C@@H](CCCNC(=N)N)C(=O)NCCCC[C@@H]1NC(=O)[C@H](CC(N)=O)NC(=O)[C@H](Cc2c[nH]c3ccccc23)NC(=O)[C@H](CCCNC(=N)N)NC(=O)[C@@H](Cc2ccccc2)NC(=O)[C@H](Cc2cnc[nH]2)NC(=O)[C@@H]2CCCN2C(=O)[C@H]2CCCN2C(=O)[C@H](Cc2ccccc2)NC1=O. The van der Waals surface area contributed by atoms with Gasteiger partial charge in [-0.05, 0) is 125 Å². The molecule has 125 heavy (non-hydrogen) atoms. The molecule has 5 aromatic rings. The number of hydrogen-bond donors (Lipinski definition) is 26. The second kappa shape index (κ2) is 49.2. The number of benzene rings is 3. The molecule has 0 spiro atoms. The summed E-state index contributed by atoms with van der Waals surface area (Å²) in [7, 11) is 0. The summed E-state index contributed by atoms with van der Waals surface area (Å²) in [6.45, 7) is 1.66. The Hall–Kier alpha value is -13.9.